The number of hydrogen-bond acceptors (Lipinski definition) is 2. The first-order valence-electron chi connectivity index (χ1n) is 6.26. The molecule has 17 heteroatoms. The Morgan fingerprint density at radius 2 is 0.704 bits per heavy atom. The average Bonchev–Trinajstić information content (AvgIpc) is 2.41. The van der Waals surface area contributed by atoms with Crippen LogP contribution in [0.5, 0.6) is 0 Å². The van der Waals surface area contributed by atoms with Crippen LogP contribution >= 0.6 is 0 Å². The fraction of sp³-hybridized carbons (Fsp3) is 1.00. The highest BCUT2D eigenvalue weighted by Gasteiger charge is 2.73. The summed E-state index contributed by atoms with van der Waals surface area (Å²) in [5, 5.41) is 0. The number of sulfone groups is 1. The van der Waals surface area contributed by atoms with E-state index in [-0.39, 0.29) is 0 Å². The molecular weight excluding hydrogens is 450 g/mol. The lowest BCUT2D eigenvalue weighted by Gasteiger charge is -2.29. The van der Waals surface area contributed by atoms with Crippen molar-refractivity contribution in [2.45, 2.75) is 48.9 Å². The Balaban J connectivity index is 5.19. The monoisotopic (exact) mass is 458 g/mol. The van der Waals surface area contributed by atoms with E-state index < -0.39 is 70.2 Å². The summed E-state index contributed by atoms with van der Waals surface area (Å²) in [7, 11) is -5.42. The van der Waals surface area contributed by atoms with E-state index in [2.05, 4.69) is 0 Å². The quantitative estimate of drug-likeness (QED) is 0.488. The molecule has 164 valence electrons. The first kappa shape index (κ1) is 26.0. The molecule has 0 radical (unpaired) electrons. The van der Waals surface area contributed by atoms with Crippen LogP contribution in [0.25, 0.3) is 0 Å². The maximum Gasteiger partial charge on any atom is 0.459 e. The van der Waals surface area contributed by atoms with Gasteiger partial charge in [-0.05, 0) is 0 Å². The minimum atomic E-state index is -6.80. The zero-order valence-corrected chi connectivity index (χ0v) is 13.2. The van der Waals surface area contributed by atoms with Crippen molar-refractivity contribution in [3.05, 3.63) is 0 Å². The van der Waals surface area contributed by atoms with E-state index in [4.69, 9.17) is 0 Å². The van der Waals surface area contributed by atoms with Crippen molar-refractivity contribution in [3.63, 3.8) is 0 Å². The molecule has 0 aromatic rings. The van der Waals surface area contributed by atoms with E-state index in [0.29, 0.717) is 0 Å². The van der Waals surface area contributed by atoms with E-state index in [1.807, 2.05) is 0 Å². The molecule has 0 saturated carbocycles. The second-order valence-electron chi connectivity index (χ2n) is 5.21. The second kappa shape index (κ2) is 7.09. The summed E-state index contributed by atoms with van der Waals surface area (Å²) in [5.41, 5.74) is 0. The van der Waals surface area contributed by atoms with Crippen LogP contribution in [0, 0.1) is 0 Å². The lowest BCUT2D eigenvalue weighted by molar-refractivity contribution is -0.354. The van der Waals surface area contributed by atoms with Gasteiger partial charge in [-0.3, -0.25) is 0 Å². The van der Waals surface area contributed by atoms with E-state index in [0.717, 1.165) is 0 Å². The minimum Gasteiger partial charge on any atom is -0.229 e. The van der Waals surface area contributed by atoms with Crippen LogP contribution in [0.1, 0.15) is 12.8 Å². The van der Waals surface area contributed by atoms with E-state index >= 15 is 0 Å². The van der Waals surface area contributed by atoms with Gasteiger partial charge in [-0.1, -0.05) is 0 Å². The molecular formula is C10H8F14O2S. The molecule has 0 heterocycles. The Bertz CT molecular complexity index is 567. The van der Waals surface area contributed by atoms with Crippen molar-refractivity contribution in [1.82, 2.24) is 0 Å². The van der Waals surface area contributed by atoms with Gasteiger partial charge in [0.05, 0.1) is 11.5 Å². The van der Waals surface area contributed by atoms with Gasteiger partial charge in [-0.25, -0.2) is 8.42 Å². The highest BCUT2D eigenvalue weighted by Crippen LogP contribution is 2.49. The van der Waals surface area contributed by atoms with Gasteiger partial charge in [-0.15, -0.1) is 0 Å². The van der Waals surface area contributed by atoms with Crippen molar-refractivity contribution in [1.29, 1.82) is 0 Å². The summed E-state index contributed by atoms with van der Waals surface area (Å²) in [6.45, 7) is 0. The molecule has 0 aliphatic carbocycles. The normalized spacial score (nSPS) is 15.9. The fourth-order valence-corrected chi connectivity index (χ4v) is 2.74. The van der Waals surface area contributed by atoms with Gasteiger partial charge >= 0.3 is 36.0 Å². The van der Waals surface area contributed by atoms with Crippen molar-refractivity contribution in [3.8, 4) is 0 Å². The first-order valence-corrected chi connectivity index (χ1v) is 8.08. The zero-order valence-electron chi connectivity index (χ0n) is 12.3. The van der Waals surface area contributed by atoms with Crippen LogP contribution in [0.3, 0.4) is 0 Å². The predicted octanol–water partition coefficient (Wildman–Crippen LogP) is 4.85. The molecule has 0 aliphatic rings. The summed E-state index contributed by atoms with van der Waals surface area (Å²) in [6.07, 6.45) is -19.1. The van der Waals surface area contributed by atoms with E-state index in [1.165, 1.54) is 0 Å². The Labute approximate surface area is 141 Å². The standard InChI is InChI=1S/C10H8F14O2S/c11-5(12,7(15,16)9(19,20)21)1-3-27(25,26)4-2-6(13,14)8(17,18)10(22,23)24/h1-4H2. The maximum absolute atomic E-state index is 12.9. The lowest BCUT2D eigenvalue weighted by atomic mass is 10.1. The first-order chi connectivity index (χ1) is 11.4. The third-order valence-corrected chi connectivity index (χ3v) is 4.74. The summed E-state index contributed by atoms with van der Waals surface area (Å²) >= 11 is 0. The van der Waals surface area contributed by atoms with Crippen molar-refractivity contribution in [2.24, 2.45) is 0 Å². The summed E-state index contributed by atoms with van der Waals surface area (Å²) < 4.78 is 195. The molecule has 0 N–H and O–H groups in total. The molecule has 0 unspecified atom stereocenters. The highest BCUT2D eigenvalue weighted by atomic mass is 32.2. The van der Waals surface area contributed by atoms with Gasteiger partial charge in [0.25, 0.3) is 0 Å². The third-order valence-electron chi connectivity index (χ3n) is 3.08. The van der Waals surface area contributed by atoms with Gasteiger partial charge in [-0.2, -0.15) is 61.5 Å². The SMILES string of the molecule is O=S(=O)(CCC(F)(F)C(F)(F)C(F)(F)F)CCC(F)(F)C(F)(F)C(F)(F)F. The van der Waals surface area contributed by atoms with Gasteiger partial charge in [0.1, 0.15) is 0 Å². The highest BCUT2D eigenvalue weighted by molar-refractivity contribution is 7.91. The number of alkyl halides is 14. The molecule has 0 rings (SSSR count). The van der Waals surface area contributed by atoms with Crippen LogP contribution in [-0.2, 0) is 9.84 Å². The van der Waals surface area contributed by atoms with Crippen LogP contribution in [0.15, 0.2) is 0 Å². The molecule has 0 amide bonds. The summed E-state index contributed by atoms with van der Waals surface area (Å²) in [5.74, 6) is -30.1. The molecule has 0 spiro atoms. The van der Waals surface area contributed by atoms with E-state index in [9.17, 15) is 69.9 Å². The molecule has 0 fully saturated rings. The molecule has 27 heavy (non-hydrogen) atoms. The third kappa shape index (κ3) is 5.49. The van der Waals surface area contributed by atoms with Gasteiger partial charge in [0, 0.05) is 12.8 Å². The largest absolute Gasteiger partial charge is 0.459 e. The Morgan fingerprint density at radius 3 is 0.889 bits per heavy atom. The van der Waals surface area contributed by atoms with Crippen LogP contribution < -0.4 is 0 Å². The smallest absolute Gasteiger partial charge is 0.229 e. The summed E-state index contributed by atoms with van der Waals surface area (Å²) in [6, 6.07) is 0. The summed E-state index contributed by atoms with van der Waals surface area (Å²) in [4.78, 5) is 0. The molecule has 0 bridgehead atoms. The Kier molecular flexibility index (Phi) is 6.82. The minimum absolute atomic E-state index is 2.31. The molecule has 0 aliphatic heterocycles. The van der Waals surface area contributed by atoms with Crippen LogP contribution in [0.2, 0.25) is 0 Å². The van der Waals surface area contributed by atoms with Gasteiger partial charge in [0.2, 0.25) is 0 Å². The molecule has 0 saturated heterocycles. The number of hydrogen-bond donors (Lipinski definition) is 0. The molecule has 0 aromatic heterocycles. The topological polar surface area (TPSA) is 34.1 Å². The van der Waals surface area contributed by atoms with Gasteiger partial charge < -0.3 is 0 Å². The zero-order chi connectivity index (χ0) is 22.3. The molecule has 0 atom stereocenters. The van der Waals surface area contributed by atoms with E-state index in [1.54, 1.807) is 0 Å². The predicted molar refractivity (Wildman–Crippen MR) is 59.8 cm³/mol. The van der Waals surface area contributed by atoms with Crippen LogP contribution in [-0.4, -0.2) is 56.0 Å². The van der Waals surface area contributed by atoms with Crippen molar-refractivity contribution < 1.29 is 69.9 Å². The second-order valence-corrected chi connectivity index (χ2v) is 7.51. The van der Waals surface area contributed by atoms with Crippen molar-refractivity contribution in [2.75, 3.05) is 11.5 Å². The molecule has 0 aromatic carbocycles. The lowest BCUT2D eigenvalue weighted by Crippen LogP contribution is -2.53. The maximum atomic E-state index is 12.9. The Morgan fingerprint density at radius 1 is 0.481 bits per heavy atom. The van der Waals surface area contributed by atoms with Crippen LogP contribution in [0.4, 0.5) is 61.5 Å². The number of rotatable bonds is 8. The molecule has 2 nitrogen and oxygen atoms in total. The Hall–Kier alpha value is -1.03. The van der Waals surface area contributed by atoms with Gasteiger partial charge in [0.15, 0.2) is 9.84 Å². The fourth-order valence-electron chi connectivity index (χ4n) is 1.40. The number of halogens is 14. The average molecular weight is 458 g/mol. The van der Waals surface area contributed by atoms with Crippen molar-refractivity contribution >= 4 is 9.84 Å².